The van der Waals surface area contributed by atoms with Crippen LogP contribution >= 0.6 is 0 Å². The fourth-order valence-corrected chi connectivity index (χ4v) is 2.66. The van der Waals surface area contributed by atoms with E-state index in [-0.39, 0.29) is 6.04 Å². The molecule has 0 saturated heterocycles. The minimum atomic E-state index is 0.0470. The zero-order valence-corrected chi connectivity index (χ0v) is 11.6. The van der Waals surface area contributed by atoms with E-state index in [2.05, 4.69) is 32.6 Å². The van der Waals surface area contributed by atoms with Crippen molar-refractivity contribution in [2.75, 3.05) is 5.32 Å². The first kappa shape index (κ1) is 12.1. The number of rotatable bonds is 2. The lowest BCUT2D eigenvalue weighted by Gasteiger charge is -2.04. The van der Waals surface area contributed by atoms with Gasteiger partial charge in [0.05, 0.1) is 0 Å². The molecule has 0 radical (unpaired) electrons. The summed E-state index contributed by atoms with van der Waals surface area (Å²) in [5, 5.41) is 7.52. The normalized spacial score (nSPS) is 16.5. The molecular weight excluding hydrogens is 264 g/mol. The number of benzene rings is 1. The number of hydrogen-bond donors (Lipinski definition) is 1. The molecule has 0 amide bonds. The molecule has 104 valence electrons. The maximum atomic E-state index is 5.45. The average Bonchev–Trinajstić information content (AvgIpc) is 3.14. The second kappa shape index (κ2) is 4.70. The summed E-state index contributed by atoms with van der Waals surface area (Å²) in [7, 11) is 0. The predicted molar refractivity (Wildman–Crippen MR) is 78.8 cm³/mol. The van der Waals surface area contributed by atoms with Gasteiger partial charge in [-0.15, -0.1) is 0 Å². The second-order valence-corrected chi connectivity index (χ2v) is 5.21. The second-order valence-electron chi connectivity index (χ2n) is 5.21. The van der Waals surface area contributed by atoms with Crippen LogP contribution in [0, 0.1) is 6.92 Å². The maximum Gasteiger partial charge on any atom is 0.249 e. The molecule has 1 atom stereocenters. The van der Waals surface area contributed by atoms with Gasteiger partial charge in [-0.25, -0.2) is 0 Å². The van der Waals surface area contributed by atoms with Gasteiger partial charge in [-0.3, -0.25) is 4.98 Å². The van der Waals surface area contributed by atoms with Crippen molar-refractivity contribution in [2.45, 2.75) is 19.4 Å². The van der Waals surface area contributed by atoms with Crippen LogP contribution < -0.4 is 5.32 Å². The van der Waals surface area contributed by atoms with Gasteiger partial charge in [0.2, 0.25) is 11.7 Å². The Labute approximate surface area is 122 Å². The van der Waals surface area contributed by atoms with E-state index in [1.165, 1.54) is 5.56 Å². The summed E-state index contributed by atoms with van der Waals surface area (Å²) >= 11 is 0. The van der Waals surface area contributed by atoms with Crippen LogP contribution in [0.15, 0.2) is 47.2 Å². The molecule has 0 unspecified atom stereocenters. The zero-order valence-electron chi connectivity index (χ0n) is 11.6. The van der Waals surface area contributed by atoms with Crippen LogP contribution in [0.1, 0.15) is 23.1 Å². The van der Waals surface area contributed by atoms with Crippen LogP contribution in [0.2, 0.25) is 0 Å². The van der Waals surface area contributed by atoms with Gasteiger partial charge in [0.25, 0.3) is 0 Å². The van der Waals surface area contributed by atoms with E-state index in [9.17, 15) is 0 Å². The van der Waals surface area contributed by atoms with E-state index in [1.54, 1.807) is 12.4 Å². The fraction of sp³-hybridized carbons (Fsp3) is 0.188. The van der Waals surface area contributed by atoms with Gasteiger partial charge in [0.15, 0.2) is 0 Å². The fourth-order valence-electron chi connectivity index (χ4n) is 2.66. The molecule has 1 aliphatic heterocycles. The van der Waals surface area contributed by atoms with Crippen LogP contribution in [-0.2, 0) is 6.42 Å². The molecule has 4 rings (SSSR count). The van der Waals surface area contributed by atoms with Crippen LogP contribution in [0.3, 0.4) is 0 Å². The Morgan fingerprint density at radius 2 is 2.14 bits per heavy atom. The predicted octanol–water partition coefficient (Wildman–Crippen LogP) is 3.15. The summed E-state index contributed by atoms with van der Waals surface area (Å²) in [4.78, 5) is 8.62. The summed E-state index contributed by atoms with van der Waals surface area (Å²) in [5.74, 6) is 1.24. The van der Waals surface area contributed by atoms with Crippen LogP contribution in [0.25, 0.3) is 11.4 Å². The van der Waals surface area contributed by atoms with Crippen LogP contribution in [0.4, 0.5) is 5.69 Å². The highest BCUT2D eigenvalue weighted by Crippen LogP contribution is 2.33. The summed E-state index contributed by atoms with van der Waals surface area (Å²) < 4.78 is 5.45. The van der Waals surface area contributed by atoms with Crippen molar-refractivity contribution < 1.29 is 4.52 Å². The number of pyridine rings is 1. The molecule has 0 aliphatic carbocycles. The Morgan fingerprint density at radius 3 is 3.00 bits per heavy atom. The quantitative estimate of drug-likeness (QED) is 0.780. The number of hydrogen-bond acceptors (Lipinski definition) is 5. The van der Waals surface area contributed by atoms with Gasteiger partial charge < -0.3 is 9.84 Å². The number of aryl methyl sites for hydroxylation is 1. The van der Waals surface area contributed by atoms with Crippen molar-refractivity contribution in [2.24, 2.45) is 0 Å². The third-order valence-electron chi connectivity index (χ3n) is 3.77. The number of aromatic nitrogens is 3. The molecule has 0 fully saturated rings. The molecule has 0 spiro atoms. The first-order valence-corrected chi connectivity index (χ1v) is 6.90. The molecule has 0 bridgehead atoms. The Morgan fingerprint density at radius 1 is 1.24 bits per heavy atom. The standard InChI is InChI=1S/C16H14N4O/c1-10-9-17-7-6-12(10)15-19-16(21-20-15)14-8-11-4-2-3-5-13(11)18-14/h2-7,9,14,18H,8H2,1H3/t14-/m0/s1. The molecule has 1 aromatic carbocycles. The largest absolute Gasteiger partial charge is 0.373 e. The van der Waals surface area contributed by atoms with Crippen molar-refractivity contribution in [1.82, 2.24) is 15.1 Å². The lowest BCUT2D eigenvalue weighted by atomic mass is 10.1. The first-order valence-electron chi connectivity index (χ1n) is 6.90. The van der Waals surface area contributed by atoms with Crippen LogP contribution in [-0.4, -0.2) is 15.1 Å². The lowest BCUT2D eigenvalue weighted by molar-refractivity contribution is 0.364. The minimum Gasteiger partial charge on any atom is -0.373 e. The van der Waals surface area contributed by atoms with Gasteiger partial charge in [-0.2, -0.15) is 4.98 Å². The highest BCUT2D eigenvalue weighted by atomic mass is 16.5. The van der Waals surface area contributed by atoms with E-state index < -0.39 is 0 Å². The van der Waals surface area contributed by atoms with Crippen molar-refractivity contribution in [3.63, 3.8) is 0 Å². The van der Waals surface area contributed by atoms with Gasteiger partial charge in [0, 0.05) is 30.1 Å². The van der Waals surface area contributed by atoms with E-state index in [4.69, 9.17) is 4.52 Å². The summed E-state index contributed by atoms with van der Waals surface area (Å²) in [5.41, 5.74) is 4.41. The average molecular weight is 278 g/mol. The first-order chi connectivity index (χ1) is 10.3. The Hall–Kier alpha value is -2.69. The monoisotopic (exact) mass is 278 g/mol. The lowest BCUT2D eigenvalue weighted by Crippen LogP contribution is -2.05. The maximum absolute atomic E-state index is 5.45. The Balaban J connectivity index is 1.63. The van der Waals surface area contributed by atoms with Crippen molar-refractivity contribution in [3.05, 3.63) is 59.7 Å². The molecular formula is C16H14N4O. The van der Waals surface area contributed by atoms with E-state index in [0.29, 0.717) is 11.7 Å². The van der Waals surface area contributed by atoms with Gasteiger partial charge in [-0.05, 0) is 30.2 Å². The SMILES string of the molecule is Cc1cnccc1-c1noc([C@@H]2Cc3ccccc3N2)n1. The molecule has 1 aliphatic rings. The topological polar surface area (TPSA) is 63.8 Å². The Bertz CT molecular complexity index is 771. The van der Waals surface area contributed by atoms with Crippen molar-refractivity contribution in [1.29, 1.82) is 0 Å². The summed E-state index contributed by atoms with van der Waals surface area (Å²) in [6.07, 6.45) is 4.41. The molecule has 3 heterocycles. The molecule has 3 aromatic rings. The molecule has 21 heavy (non-hydrogen) atoms. The highest BCUT2D eigenvalue weighted by Gasteiger charge is 2.26. The minimum absolute atomic E-state index is 0.0470. The van der Waals surface area contributed by atoms with Crippen molar-refractivity contribution in [3.8, 4) is 11.4 Å². The molecule has 1 N–H and O–H groups in total. The number of fused-ring (bicyclic) bond motifs is 1. The van der Waals surface area contributed by atoms with Gasteiger partial charge >= 0.3 is 0 Å². The summed E-state index contributed by atoms with van der Waals surface area (Å²) in [6.45, 7) is 1.99. The van der Waals surface area contributed by atoms with E-state index in [1.807, 2.05) is 25.1 Å². The number of nitrogens with one attached hydrogen (secondary N) is 1. The number of para-hydroxylation sites is 1. The third-order valence-corrected chi connectivity index (χ3v) is 3.77. The van der Waals surface area contributed by atoms with E-state index in [0.717, 1.165) is 23.2 Å². The smallest absolute Gasteiger partial charge is 0.249 e. The van der Waals surface area contributed by atoms with Crippen molar-refractivity contribution >= 4 is 5.69 Å². The highest BCUT2D eigenvalue weighted by molar-refractivity contribution is 5.59. The van der Waals surface area contributed by atoms with Gasteiger partial charge in [0.1, 0.15) is 6.04 Å². The number of anilines is 1. The Kier molecular flexibility index (Phi) is 2.70. The summed E-state index contributed by atoms with van der Waals surface area (Å²) in [6, 6.07) is 10.2. The molecule has 5 nitrogen and oxygen atoms in total. The third kappa shape index (κ3) is 2.07. The van der Waals surface area contributed by atoms with Gasteiger partial charge in [-0.1, -0.05) is 23.4 Å². The number of nitrogens with zero attached hydrogens (tertiary/aromatic N) is 3. The van der Waals surface area contributed by atoms with E-state index >= 15 is 0 Å². The van der Waals surface area contributed by atoms with Crippen LogP contribution in [0.5, 0.6) is 0 Å². The molecule has 2 aromatic heterocycles. The molecule has 0 saturated carbocycles. The zero-order chi connectivity index (χ0) is 14.2. The molecule has 5 heteroatoms.